The third-order valence-corrected chi connectivity index (χ3v) is 3.92. The van der Waals surface area contributed by atoms with Crippen molar-refractivity contribution in [2.24, 2.45) is 0 Å². The van der Waals surface area contributed by atoms with Gasteiger partial charge in [0, 0.05) is 12.8 Å². The smallest absolute Gasteiger partial charge is 0.422 e. The number of esters is 2. The van der Waals surface area contributed by atoms with Crippen LogP contribution in [0.2, 0.25) is 0 Å². The molecular formula is C19H33F3O4. The zero-order valence-electron chi connectivity index (χ0n) is 15.9. The molecule has 0 fully saturated rings. The van der Waals surface area contributed by atoms with Crippen LogP contribution in [-0.4, -0.2) is 31.3 Å². The molecule has 0 heterocycles. The fourth-order valence-electron chi connectivity index (χ4n) is 2.46. The van der Waals surface area contributed by atoms with E-state index in [0.717, 1.165) is 19.3 Å². The second-order valence-electron chi connectivity index (χ2n) is 6.53. The van der Waals surface area contributed by atoms with Gasteiger partial charge in [-0.1, -0.05) is 64.7 Å². The quantitative estimate of drug-likeness (QED) is 0.253. The van der Waals surface area contributed by atoms with E-state index in [9.17, 15) is 22.8 Å². The van der Waals surface area contributed by atoms with E-state index in [1.165, 1.54) is 44.9 Å². The summed E-state index contributed by atoms with van der Waals surface area (Å²) in [5.74, 6) is -1.38. The van der Waals surface area contributed by atoms with Crippen LogP contribution in [0.4, 0.5) is 13.2 Å². The molecule has 0 saturated carbocycles. The Kier molecular flexibility index (Phi) is 15.2. The Labute approximate surface area is 154 Å². The normalized spacial score (nSPS) is 11.4. The zero-order chi connectivity index (χ0) is 19.7. The van der Waals surface area contributed by atoms with Crippen LogP contribution in [0.1, 0.15) is 90.4 Å². The van der Waals surface area contributed by atoms with Crippen molar-refractivity contribution in [3.63, 3.8) is 0 Å². The maximum Gasteiger partial charge on any atom is 0.422 e. The van der Waals surface area contributed by atoms with Crippen molar-refractivity contribution in [1.82, 2.24) is 0 Å². The minimum Gasteiger partial charge on any atom is -0.466 e. The Hall–Kier alpha value is -1.27. The van der Waals surface area contributed by atoms with Gasteiger partial charge in [-0.05, 0) is 12.8 Å². The molecule has 0 aliphatic rings. The first kappa shape index (κ1) is 24.7. The summed E-state index contributed by atoms with van der Waals surface area (Å²) in [6.07, 6.45) is 7.36. The molecule has 0 N–H and O–H groups in total. The minimum atomic E-state index is -4.52. The second-order valence-corrected chi connectivity index (χ2v) is 6.53. The zero-order valence-corrected chi connectivity index (χ0v) is 15.9. The van der Waals surface area contributed by atoms with Crippen molar-refractivity contribution in [2.45, 2.75) is 96.6 Å². The number of halogens is 3. The molecule has 0 unspecified atom stereocenters. The Morgan fingerprint density at radius 1 is 0.692 bits per heavy atom. The van der Waals surface area contributed by atoms with Crippen molar-refractivity contribution >= 4 is 11.9 Å². The van der Waals surface area contributed by atoms with Gasteiger partial charge in [0.25, 0.3) is 0 Å². The third kappa shape index (κ3) is 19.1. The van der Waals surface area contributed by atoms with Crippen LogP contribution in [0.15, 0.2) is 0 Å². The third-order valence-electron chi connectivity index (χ3n) is 3.92. The number of carbonyl (C=O) groups is 2. The van der Waals surface area contributed by atoms with E-state index < -0.39 is 24.7 Å². The number of alkyl halides is 3. The van der Waals surface area contributed by atoms with Crippen molar-refractivity contribution in [1.29, 1.82) is 0 Å². The standard InChI is InChI=1S/C19H33F3O4/c1-2-3-4-5-6-7-8-9-10-11-15-25-17(23)13-12-14-18(24)26-16-19(20,21)22/h2-16H2,1H3. The fraction of sp³-hybridized carbons (Fsp3) is 0.895. The lowest BCUT2D eigenvalue weighted by molar-refractivity contribution is -0.186. The first-order valence-corrected chi connectivity index (χ1v) is 9.73. The van der Waals surface area contributed by atoms with Crippen LogP contribution in [0.25, 0.3) is 0 Å². The maximum atomic E-state index is 11.8. The summed E-state index contributed by atoms with van der Waals surface area (Å²) in [6, 6.07) is 0. The summed E-state index contributed by atoms with van der Waals surface area (Å²) >= 11 is 0. The molecule has 0 bridgehead atoms. The summed E-state index contributed by atoms with van der Waals surface area (Å²) in [4.78, 5) is 22.5. The van der Waals surface area contributed by atoms with Gasteiger partial charge in [-0.25, -0.2) is 0 Å². The average Bonchev–Trinajstić information content (AvgIpc) is 2.57. The molecule has 7 heteroatoms. The van der Waals surface area contributed by atoms with Gasteiger partial charge in [0.2, 0.25) is 0 Å². The molecule has 0 aliphatic carbocycles. The largest absolute Gasteiger partial charge is 0.466 e. The van der Waals surface area contributed by atoms with Crippen molar-refractivity contribution < 1.29 is 32.2 Å². The molecule has 0 radical (unpaired) electrons. The SMILES string of the molecule is CCCCCCCCCCCCOC(=O)CCCC(=O)OCC(F)(F)F. The number of hydrogen-bond acceptors (Lipinski definition) is 4. The van der Waals surface area contributed by atoms with Crippen LogP contribution in [0, 0.1) is 0 Å². The van der Waals surface area contributed by atoms with Gasteiger partial charge in [-0.3, -0.25) is 9.59 Å². The van der Waals surface area contributed by atoms with Crippen LogP contribution < -0.4 is 0 Å². The molecular weight excluding hydrogens is 349 g/mol. The van der Waals surface area contributed by atoms with Gasteiger partial charge >= 0.3 is 18.1 Å². The highest BCUT2D eigenvalue weighted by Crippen LogP contribution is 2.15. The highest BCUT2D eigenvalue weighted by molar-refractivity contribution is 5.72. The Morgan fingerprint density at radius 3 is 1.65 bits per heavy atom. The van der Waals surface area contributed by atoms with Crippen LogP contribution in [0.3, 0.4) is 0 Å². The summed E-state index contributed by atoms with van der Waals surface area (Å²) < 4.78 is 44.6. The Morgan fingerprint density at radius 2 is 1.15 bits per heavy atom. The van der Waals surface area contributed by atoms with Crippen LogP contribution >= 0.6 is 0 Å². The number of ether oxygens (including phenoxy) is 2. The molecule has 26 heavy (non-hydrogen) atoms. The lowest BCUT2D eigenvalue weighted by Gasteiger charge is -2.08. The van der Waals surface area contributed by atoms with Crippen molar-refractivity contribution in [3.05, 3.63) is 0 Å². The van der Waals surface area contributed by atoms with Crippen molar-refractivity contribution in [2.75, 3.05) is 13.2 Å². The molecule has 0 aromatic carbocycles. The van der Waals surface area contributed by atoms with E-state index in [1.807, 2.05) is 0 Å². The Balaban J connectivity index is 3.35. The van der Waals surface area contributed by atoms with Gasteiger partial charge in [0.05, 0.1) is 6.61 Å². The predicted molar refractivity (Wildman–Crippen MR) is 93.7 cm³/mol. The first-order chi connectivity index (χ1) is 12.3. The molecule has 0 atom stereocenters. The van der Waals surface area contributed by atoms with E-state index in [4.69, 9.17) is 4.74 Å². The molecule has 0 aromatic rings. The first-order valence-electron chi connectivity index (χ1n) is 9.73. The fourth-order valence-corrected chi connectivity index (χ4v) is 2.46. The van der Waals surface area contributed by atoms with Gasteiger partial charge in [-0.15, -0.1) is 0 Å². The van der Waals surface area contributed by atoms with E-state index in [-0.39, 0.29) is 19.3 Å². The van der Waals surface area contributed by atoms with E-state index in [0.29, 0.717) is 6.61 Å². The molecule has 0 amide bonds. The highest BCUT2D eigenvalue weighted by atomic mass is 19.4. The molecule has 154 valence electrons. The van der Waals surface area contributed by atoms with Crippen LogP contribution in [0.5, 0.6) is 0 Å². The molecule has 0 rings (SSSR count). The topological polar surface area (TPSA) is 52.6 Å². The number of rotatable bonds is 16. The minimum absolute atomic E-state index is 0.0128. The summed E-state index contributed by atoms with van der Waals surface area (Å²) in [5, 5.41) is 0. The maximum absolute atomic E-state index is 11.8. The average molecular weight is 382 g/mol. The Bertz CT molecular complexity index is 370. The monoisotopic (exact) mass is 382 g/mol. The summed E-state index contributed by atoms with van der Waals surface area (Å²) in [6.45, 7) is 0.975. The number of hydrogen-bond donors (Lipinski definition) is 0. The summed E-state index contributed by atoms with van der Waals surface area (Å²) in [7, 11) is 0. The molecule has 4 nitrogen and oxygen atoms in total. The predicted octanol–water partition coefficient (Wildman–Crippen LogP) is 5.73. The number of carbonyl (C=O) groups excluding carboxylic acids is 2. The van der Waals surface area contributed by atoms with Crippen LogP contribution in [-0.2, 0) is 19.1 Å². The van der Waals surface area contributed by atoms with E-state index >= 15 is 0 Å². The van der Waals surface area contributed by atoms with Crippen molar-refractivity contribution in [3.8, 4) is 0 Å². The van der Waals surface area contributed by atoms with Gasteiger partial charge < -0.3 is 9.47 Å². The lowest BCUT2D eigenvalue weighted by Crippen LogP contribution is -2.20. The molecule has 0 saturated heterocycles. The second kappa shape index (κ2) is 15.9. The summed E-state index contributed by atoms with van der Waals surface area (Å²) in [5.41, 5.74) is 0. The van der Waals surface area contributed by atoms with Gasteiger partial charge in [-0.2, -0.15) is 13.2 Å². The lowest BCUT2D eigenvalue weighted by atomic mass is 10.1. The molecule has 0 aliphatic heterocycles. The van der Waals surface area contributed by atoms with E-state index in [2.05, 4.69) is 11.7 Å². The van der Waals surface area contributed by atoms with E-state index in [1.54, 1.807) is 0 Å². The van der Waals surface area contributed by atoms with Gasteiger partial charge in [0.15, 0.2) is 6.61 Å². The molecule has 0 aromatic heterocycles. The van der Waals surface area contributed by atoms with Gasteiger partial charge in [0.1, 0.15) is 0 Å². The molecule has 0 spiro atoms. The number of unbranched alkanes of at least 4 members (excludes halogenated alkanes) is 9. The highest BCUT2D eigenvalue weighted by Gasteiger charge is 2.29.